The van der Waals surface area contributed by atoms with Crippen LogP contribution in [-0.2, 0) is 4.79 Å². The number of hydrogen-bond donors (Lipinski definition) is 2. The molecule has 0 aliphatic heterocycles. The number of nitrogens with two attached hydrogens (primary N) is 1. The number of anilines is 1. The molecular formula is C14H13ClN4O. The summed E-state index contributed by atoms with van der Waals surface area (Å²) in [7, 11) is 0. The van der Waals surface area contributed by atoms with Gasteiger partial charge in [0.05, 0.1) is 28.8 Å². The van der Waals surface area contributed by atoms with E-state index in [1.807, 2.05) is 0 Å². The molecule has 2 rings (SSSR count). The normalized spacial score (nSPS) is 11.7. The van der Waals surface area contributed by atoms with Crippen molar-refractivity contribution in [3.63, 3.8) is 0 Å². The van der Waals surface area contributed by atoms with Gasteiger partial charge in [0.2, 0.25) is 5.91 Å². The molecule has 1 aromatic heterocycles. The lowest BCUT2D eigenvalue weighted by Gasteiger charge is -2.15. The van der Waals surface area contributed by atoms with Crippen LogP contribution in [0.5, 0.6) is 0 Å². The quantitative estimate of drug-likeness (QED) is 0.843. The van der Waals surface area contributed by atoms with E-state index in [0.29, 0.717) is 16.4 Å². The molecule has 1 heterocycles. The topological polar surface area (TPSA) is 72.9 Å². The molecule has 102 valence electrons. The second kappa shape index (κ2) is 6.24. The Labute approximate surface area is 121 Å². The lowest BCUT2D eigenvalue weighted by Crippen LogP contribution is -2.35. The van der Waals surface area contributed by atoms with Crippen LogP contribution in [0.2, 0.25) is 5.02 Å². The Hall–Kier alpha value is -2.29. The maximum atomic E-state index is 11.9. The number of para-hydroxylation sites is 1. The number of carbonyl (C=O) groups excluding carboxylic acids is 1. The molecule has 0 aliphatic rings. The number of nitrogens with one attached hydrogen (secondary N) is 1. The molecule has 6 heteroatoms. The zero-order valence-corrected chi connectivity index (χ0v) is 11.3. The summed E-state index contributed by atoms with van der Waals surface area (Å²) in [5.41, 5.74) is 6.86. The minimum atomic E-state index is -0.755. The van der Waals surface area contributed by atoms with Crippen LogP contribution in [0.4, 0.5) is 5.69 Å². The van der Waals surface area contributed by atoms with E-state index < -0.39 is 6.04 Å². The third-order valence-corrected chi connectivity index (χ3v) is 2.99. The number of amides is 1. The maximum Gasteiger partial charge on any atom is 0.242 e. The van der Waals surface area contributed by atoms with Crippen molar-refractivity contribution in [3.05, 3.63) is 41.9 Å². The van der Waals surface area contributed by atoms with E-state index in [-0.39, 0.29) is 12.3 Å². The van der Waals surface area contributed by atoms with Crippen molar-refractivity contribution in [2.24, 2.45) is 5.73 Å². The molecular weight excluding hydrogens is 276 g/mol. The van der Waals surface area contributed by atoms with E-state index in [1.165, 1.54) is 0 Å². The Kier molecular flexibility index (Phi) is 4.41. The van der Waals surface area contributed by atoms with Gasteiger partial charge in [0.25, 0.3) is 0 Å². The number of carbonyl (C=O) groups is 1. The third-order valence-electron chi connectivity index (χ3n) is 2.68. The summed E-state index contributed by atoms with van der Waals surface area (Å²) in [6.45, 7) is 0. The van der Waals surface area contributed by atoms with Gasteiger partial charge in [-0.15, -0.1) is 12.3 Å². The first-order valence-corrected chi connectivity index (χ1v) is 6.28. The molecule has 0 aliphatic carbocycles. The average Bonchev–Trinajstić information content (AvgIpc) is 2.92. The molecule has 0 bridgehead atoms. The standard InChI is InChI=1S/C14H13ClN4O/c1-2-4-11(16)14(20)18-12-6-3-5-10(15)13(12)19-8-7-17-9-19/h1,3,5-9,11H,4,16H2,(H,18,20). The van der Waals surface area contributed by atoms with Crippen molar-refractivity contribution >= 4 is 23.2 Å². The molecule has 0 saturated carbocycles. The maximum absolute atomic E-state index is 11.9. The van der Waals surface area contributed by atoms with Crippen LogP contribution in [0.25, 0.3) is 5.69 Å². The van der Waals surface area contributed by atoms with Crippen LogP contribution in [0.1, 0.15) is 6.42 Å². The van der Waals surface area contributed by atoms with Crippen LogP contribution in [0.15, 0.2) is 36.9 Å². The molecule has 0 saturated heterocycles. The van der Waals surface area contributed by atoms with Crippen molar-refractivity contribution in [2.45, 2.75) is 12.5 Å². The number of halogens is 1. The van der Waals surface area contributed by atoms with E-state index in [9.17, 15) is 4.79 Å². The molecule has 1 unspecified atom stereocenters. The lowest BCUT2D eigenvalue weighted by molar-refractivity contribution is -0.117. The first-order valence-electron chi connectivity index (χ1n) is 5.90. The number of nitrogens with zero attached hydrogens (tertiary/aromatic N) is 2. The predicted molar refractivity (Wildman–Crippen MR) is 78.6 cm³/mol. The van der Waals surface area contributed by atoms with Crippen molar-refractivity contribution in [1.82, 2.24) is 9.55 Å². The van der Waals surface area contributed by atoms with Crippen LogP contribution in [-0.4, -0.2) is 21.5 Å². The van der Waals surface area contributed by atoms with Gasteiger partial charge in [0.15, 0.2) is 0 Å². The van der Waals surface area contributed by atoms with Gasteiger partial charge in [-0.1, -0.05) is 17.7 Å². The highest BCUT2D eigenvalue weighted by Crippen LogP contribution is 2.28. The van der Waals surface area contributed by atoms with Gasteiger partial charge < -0.3 is 15.6 Å². The highest BCUT2D eigenvalue weighted by molar-refractivity contribution is 6.33. The second-order valence-corrected chi connectivity index (χ2v) is 4.52. The van der Waals surface area contributed by atoms with Gasteiger partial charge in [-0.05, 0) is 12.1 Å². The van der Waals surface area contributed by atoms with Crippen LogP contribution in [0.3, 0.4) is 0 Å². The van der Waals surface area contributed by atoms with Gasteiger partial charge in [-0.3, -0.25) is 4.79 Å². The number of imidazole rings is 1. The van der Waals surface area contributed by atoms with Crippen molar-refractivity contribution in [3.8, 4) is 18.0 Å². The summed E-state index contributed by atoms with van der Waals surface area (Å²) in [4.78, 5) is 15.9. The molecule has 2 aromatic rings. The molecule has 1 amide bonds. The van der Waals surface area contributed by atoms with Crippen LogP contribution in [0, 0.1) is 12.3 Å². The zero-order chi connectivity index (χ0) is 14.5. The summed E-state index contributed by atoms with van der Waals surface area (Å²) in [6.07, 6.45) is 10.3. The van der Waals surface area contributed by atoms with Crippen molar-refractivity contribution in [2.75, 3.05) is 5.32 Å². The number of terminal acetylenes is 1. The highest BCUT2D eigenvalue weighted by Gasteiger charge is 2.16. The minimum absolute atomic E-state index is 0.173. The highest BCUT2D eigenvalue weighted by atomic mass is 35.5. The van der Waals surface area contributed by atoms with Crippen LogP contribution < -0.4 is 11.1 Å². The van der Waals surface area contributed by atoms with E-state index in [2.05, 4.69) is 16.2 Å². The van der Waals surface area contributed by atoms with Gasteiger partial charge in [0.1, 0.15) is 0 Å². The zero-order valence-electron chi connectivity index (χ0n) is 10.6. The van der Waals surface area contributed by atoms with E-state index >= 15 is 0 Å². The Morgan fingerprint density at radius 1 is 1.60 bits per heavy atom. The first kappa shape index (κ1) is 14.1. The van der Waals surface area contributed by atoms with E-state index in [1.54, 1.807) is 41.5 Å². The fraction of sp³-hybridized carbons (Fsp3) is 0.143. The molecule has 1 atom stereocenters. The monoisotopic (exact) mass is 288 g/mol. The van der Waals surface area contributed by atoms with E-state index in [0.717, 1.165) is 0 Å². The smallest absolute Gasteiger partial charge is 0.242 e. The predicted octanol–water partition coefficient (Wildman–Crippen LogP) is 1.81. The van der Waals surface area contributed by atoms with Crippen molar-refractivity contribution in [1.29, 1.82) is 0 Å². The minimum Gasteiger partial charge on any atom is -0.323 e. The summed E-state index contributed by atoms with van der Waals surface area (Å²) >= 11 is 6.18. The third kappa shape index (κ3) is 2.99. The number of benzene rings is 1. The molecule has 3 N–H and O–H groups in total. The fourth-order valence-corrected chi connectivity index (χ4v) is 1.99. The molecule has 1 aromatic carbocycles. The largest absolute Gasteiger partial charge is 0.323 e. The molecule has 0 radical (unpaired) electrons. The van der Waals surface area contributed by atoms with Gasteiger partial charge in [0, 0.05) is 18.8 Å². The Morgan fingerprint density at radius 2 is 2.40 bits per heavy atom. The summed E-state index contributed by atoms with van der Waals surface area (Å²) in [5, 5.41) is 3.22. The number of rotatable bonds is 4. The van der Waals surface area contributed by atoms with Crippen molar-refractivity contribution < 1.29 is 4.79 Å². The average molecular weight is 289 g/mol. The Bertz CT molecular complexity index is 646. The van der Waals surface area contributed by atoms with Crippen LogP contribution >= 0.6 is 11.6 Å². The number of hydrogen-bond acceptors (Lipinski definition) is 3. The second-order valence-electron chi connectivity index (χ2n) is 4.11. The van der Waals surface area contributed by atoms with Gasteiger partial charge in [-0.2, -0.15) is 0 Å². The summed E-state index contributed by atoms with van der Waals surface area (Å²) in [6, 6.07) is 4.45. The fourth-order valence-electron chi connectivity index (χ4n) is 1.72. The van der Waals surface area contributed by atoms with Gasteiger partial charge in [-0.25, -0.2) is 4.98 Å². The molecule has 0 fully saturated rings. The Morgan fingerprint density at radius 3 is 3.05 bits per heavy atom. The molecule has 20 heavy (non-hydrogen) atoms. The number of aromatic nitrogens is 2. The Balaban J connectivity index is 2.32. The summed E-state index contributed by atoms with van der Waals surface area (Å²) in [5.74, 6) is 2.01. The summed E-state index contributed by atoms with van der Waals surface area (Å²) < 4.78 is 1.71. The van der Waals surface area contributed by atoms with Gasteiger partial charge >= 0.3 is 0 Å². The molecule has 5 nitrogen and oxygen atoms in total. The SMILES string of the molecule is C#CCC(N)C(=O)Nc1cccc(Cl)c1-n1ccnc1. The molecule has 0 spiro atoms. The van der Waals surface area contributed by atoms with E-state index in [4.69, 9.17) is 23.8 Å². The first-order chi connectivity index (χ1) is 9.63. The lowest BCUT2D eigenvalue weighted by atomic mass is 10.2.